The maximum Gasteiger partial charge on any atom is 0.000956 e. The topological polar surface area (TPSA) is 15.3 Å². The summed E-state index contributed by atoms with van der Waals surface area (Å²) in [5.74, 6) is 0.974. The first-order valence-corrected chi connectivity index (χ1v) is 5.73. The molecule has 2 nitrogen and oxygen atoms in total. The number of hydrogen-bond donors (Lipinski definition) is 1. The van der Waals surface area contributed by atoms with E-state index < -0.39 is 0 Å². The first kappa shape index (κ1) is 11.0. The minimum atomic E-state index is 0.974. The van der Waals surface area contributed by atoms with Crippen LogP contribution in [0.4, 0.5) is 0 Å². The molecule has 0 aliphatic carbocycles. The van der Waals surface area contributed by atoms with Gasteiger partial charge in [0.05, 0.1) is 0 Å². The highest BCUT2D eigenvalue weighted by atomic mass is 15.1. The fourth-order valence-corrected chi connectivity index (χ4v) is 2.24. The van der Waals surface area contributed by atoms with Crippen molar-refractivity contribution in [2.45, 2.75) is 32.6 Å². The summed E-state index contributed by atoms with van der Waals surface area (Å²) in [6.07, 6.45) is 5.63. The van der Waals surface area contributed by atoms with Gasteiger partial charge in [-0.2, -0.15) is 0 Å². The van der Waals surface area contributed by atoms with Gasteiger partial charge in [0, 0.05) is 6.54 Å². The summed E-state index contributed by atoms with van der Waals surface area (Å²) < 4.78 is 0. The molecule has 1 heterocycles. The zero-order valence-electron chi connectivity index (χ0n) is 9.18. The standard InChI is InChI=1S/C11H24N2/c1-3-13-9-5-7-11(10-13)6-4-8-12-2/h11-12H,3-10H2,1-2H3. The summed E-state index contributed by atoms with van der Waals surface area (Å²) in [5.41, 5.74) is 0. The van der Waals surface area contributed by atoms with Gasteiger partial charge >= 0.3 is 0 Å². The third kappa shape index (κ3) is 4.10. The lowest BCUT2D eigenvalue weighted by Gasteiger charge is -2.31. The second kappa shape index (κ2) is 6.39. The molecule has 0 bridgehead atoms. The van der Waals surface area contributed by atoms with E-state index in [9.17, 15) is 0 Å². The highest BCUT2D eigenvalue weighted by molar-refractivity contribution is 4.72. The molecule has 13 heavy (non-hydrogen) atoms. The second-order valence-corrected chi connectivity index (χ2v) is 4.15. The van der Waals surface area contributed by atoms with Gasteiger partial charge in [-0.05, 0) is 58.3 Å². The summed E-state index contributed by atoms with van der Waals surface area (Å²) in [6.45, 7) is 7.38. The molecule has 0 aromatic heterocycles. The van der Waals surface area contributed by atoms with Gasteiger partial charge in [0.25, 0.3) is 0 Å². The Hall–Kier alpha value is -0.0800. The highest BCUT2D eigenvalue weighted by Crippen LogP contribution is 2.20. The Morgan fingerprint density at radius 3 is 3.00 bits per heavy atom. The van der Waals surface area contributed by atoms with Crippen LogP contribution >= 0.6 is 0 Å². The molecule has 1 N–H and O–H groups in total. The van der Waals surface area contributed by atoms with E-state index in [2.05, 4.69) is 17.1 Å². The van der Waals surface area contributed by atoms with Crippen LogP contribution in [0.25, 0.3) is 0 Å². The van der Waals surface area contributed by atoms with Crippen LogP contribution in [0.1, 0.15) is 32.6 Å². The predicted octanol–water partition coefficient (Wildman–Crippen LogP) is 1.72. The third-order valence-corrected chi connectivity index (χ3v) is 3.09. The molecule has 1 fully saturated rings. The fourth-order valence-electron chi connectivity index (χ4n) is 2.24. The zero-order chi connectivity index (χ0) is 9.52. The number of rotatable bonds is 5. The van der Waals surface area contributed by atoms with Crippen LogP contribution in [0.5, 0.6) is 0 Å². The van der Waals surface area contributed by atoms with Crippen molar-refractivity contribution in [1.82, 2.24) is 10.2 Å². The molecule has 1 aliphatic heterocycles. The monoisotopic (exact) mass is 184 g/mol. The molecule has 0 aromatic carbocycles. The van der Waals surface area contributed by atoms with Crippen molar-refractivity contribution in [3.8, 4) is 0 Å². The minimum absolute atomic E-state index is 0.974. The molecule has 2 heteroatoms. The van der Waals surface area contributed by atoms with E-state index in [0.717, 1.165) is 5.92 Å². The lowest BCUT2D eigenvalue weighted by Crippen LogP contribution is -2.35. The van der Waals surface area contributed by atoms with E-state index in [1.807, 2.05) is 7.05 Å². The highest BCUT2D eigenvalue weighted by Gasteiger charge is 2.17. The number of hydrogen-bond acceptors (Lipinski definition) is 2. The first-order valence-electron chi connectivity index (χ1n) is 5.73. The molecule has 0 saturated carbocycles. The van der Waals surface area contributed by atoms with E-state index in [1.165, 1.54) is 51.9 Å². The third-order valence-electron chi connectivity index (χ3n) is 3.09. The predicted molar refractivity (Wildman–Crippen MR) is 58.0 cm³/mol. The summed E-state index contributed by atoms with van der Waals surface area (Å²) in [7, 11) is 2.04. The van der Waals surface area contributed by atoms with Gasteiger partial charge < -0.3 is 10.2 Å². The smallest absolute Gasteiger partial charge is 0.000956 e. The van der Waals surface area contributed by atoms with Gasteiger partial charge in [0.15, 0.2) is 0 Å². The Morgan fingerprint density at radius 1 is 1.46 bits per heavy atom. The van der Waals surface area contributed by atoms with E-state index in [1.54, 1.807) is 0 Å². The molecule has 0 spiro atoms. The van der Waals surface area contributed by atoms with Crippen LogP contribution in [-0.4, -0.2) is 38.1 Å². The molecular weight excluding hydrogens is 160 g/mol. The lowest BCUT2D eigenvalue weighted by molar-refractivity contribution is 0.174. The minimum Gasteiger partial charge on any atom is -0.320 e. The van der Waals surface area contributed by atoms with Gasteiger partial charge in [-0.3, -0.25) is 0 Å². The number of nitrogens with zero attached hydrogens (tertiary/aromatic N) is 1. The fraction of sp³-hybridized carbons (Fsp3) is 1.00. The molecule has 1 unspecified atom stereocenters. The second-order valence-electron chi connectivity index (χ2n) is 4.15. The van der Waals surface area contributed by atoms with E-state index >= 15 is 0 Å². The molecule has 1 rings (SSSR count). The van der Waals surface area contributed by atoms with Crippen molar-refractivity contribution in [1.29, 1.82) is 0 Å². The molecule has 1 aliphatic rings. The van der Waals surface area contributed by atoms with Crippen LogP contribution < -0.4 is 5.32 Å². The maximum atomic E-state index is 3.22. The summed E-state index contributed by atoms with van der Waals surface area (Å²) in [4.78, 5) is 2.59. The van der Waals surface area contributed by atoms with Gasteiger partial charge in [-0.1, -0.05) is 6.92 Å². The van der Waals surface area contributed by atoms with Gasteiger partial charge in [0.1, 0.15) is 0 Å². The van der Waals surface area contributed by atoms with Crippen molar-refractivity contribution in [3.63, 3.8) is 0 Å². The van der Waals surface area contributed by atoms with Gasteiger partial charge in [-0.15, -0.1) is 0 Å². The van der Waals surface area contributed by atoms with Crippen molar-refractivity contribution in [3.05, 3.63) is 0 Å². The van der Waals surface area contributed by atoms with Crippen LogP contribution in [0, 0.1) is 5.92 Å². The number of piperidine rings is 1. The SMILES string of the molecule is CCN1CCCC(CCCNC)C1. The largest absolute Gasteiger partial charge is 0.320 e. The summed E-state index contributed by atoms with van der Waals surface area (Å²) in [6, 6.07) is 0. The molecule has 1 atom stereocenters. The Morgan fingerprint density at radius 2 is 2.31 bits per heavy atom. The quantitative estimate of drug-likeness (QED) is 0.654. The van der Waals surface area contributed by atoms with E-state index in [-0.39, 0.29) is 0 Å². The lowest BCUT2D eigenvalue weighted by atomic mass is 9.93. The number of likely N-dealkylation sites (tertiary alicyclic amines) is 1. The molecule has 0 aromatic rings. The zero-order valence-corrected chi connectivity index (χ0v) is 9.18. The molecular formula is C11H24N2. The molecule has 1 saturated heterocycles. The van der Waals surface area contributed by atoms with Crippen LogP contribution in [0.3, 0.4) is 0 Å². The molecule has 78 valence electrons. The van der Waals surface area contributed by atoms with E-state index in [0.29, 0.717) is 0 Å². The Kier molecular flexibility index (Phi) is 5.40. The maximum absolute atomic E-state index is 3.22. The average molecular weight is 184 g/mol. The molecule has 0 amide bonds. The number of nitrogens with one attached hydrogen (secondary N) is 1. The summed E-state index contributed by atoms with van der Waals surface area (Å²) >= 11 is 0. The Labute approximate surface area is 82.7 Å². The first-order chi connectivity index (χ1) is 6.36. The van der Waals surface area contributed by atoms with Crippen LogP contribution in [0.2, 0.25) is 0 Å². The Bertz CT molecular complexity index is 125. The van der Waals surface area contributed by atoms with Gasteiger partial charge in [0.2, 0.25) is 0 Å². The Balaban J connectivity index is 2.11. The summed E-state index contributed by atoms with van der Waals surface area (Å²) in [5, 5.41) is 3.22. The molecule has 0 radical (unpaired) electrons. The van der Waals surface area contributed by atoms with Gasteiger partial charge in [-0.25, -0.2) is 0 Å². The van der Waals surface area contributed by atoms with Crippen LogP contribution in [-0.2, 0) is 0 Å². The van der Waals surface area contributed by atoms with Crippen molar-refractivity contribution >= 4 is 0 Å². The van der Waals surface area contributed by atoms with E-state index in [4.69, 9.17) is 0 Å². The van der Waals surface area contributed by atoms with Crippen molar-refractivity contribution in [2.75, 3.05) is 33.2 Å². The average Bonchev–Trinajstić information content (AvgIpc) is 2.19. The van der Waals surface area contributed by atoms with Crippen molar-refractivity contribution < 1.29 is 0 Å². The normalized spacial score (nSPS) is 24.9. The van der Waals surface area contributed by atoms with Crippen molar-refractivity contribution in [2.24, 2.45) is 5.92 Å². The van der Waals surface area contributed by atoms with Crippen LogP contribution in [0.15, 0.2) is 0 Å².